The molecule has 0 radical (unpaired) electrons. The number of hydrogen-bond acceptors (Lipinski definition) is 5. The van der Waals surface area contributed by atoms with Crippen molar-refractivity contribution in [1.29, 1.82) is 0 Å². The van der Waals surface area contributed by atoms with E-state index in [0.717, 1.165) is 27.6 Å². The predicted octanol–water partition coefficient (Wildman–Crippen LogP) is 2.99. The molecular formula is C16H16N6O. The Kier molecular flexibility index (Phi) is 3.11. The monoisotopic (exact) mass is 308 g/mol. The van der Waals surface area contributed by atoms with E-state index in [0.29, 0.717) is 18.3 Å². The number of H-pyrrole nitrogens is 1. The molecule has 3 heterocycles. The number of rotatable bonds is 4. The summed E-state index contributed by atoms with van der Waals surface area (Å²) in [6, 6.07) is 9.82. The van der Waals surface area contributed by atoms with Crippen molar-refractivity contribution in [3.8, 4) is 5.88 Å². The van der Waals surface area contributed by atoms with Crippen LogP contribution in [0, 0.1) is 0 Å². The number of nitrogens with one attached hydrogen (secondary N) is 2. The Morgan fingerprint density at radius 3 is 3.09 bits per heavy atom. The van der Waals surface area contributed by atoms with Gasteiger partial charge in [-0.25, -0.2) is 0 Å². The number of anilines is 2. The molecule has 0 amide bonds. The molecule has 7 nitrogen and oxygen atoms in total. The molecule has 116 valence electrons. The van der Waals surface area contributed by atoms with Crippen LogP contribution in [0.15, 0.2) is 36.5 Å². The van der Waals surface area contributed by atoms with E-state index in [1.54, 1.807) is 6.20 Å². The normalized spacial score (nSPS) is 11.2. The zero-order valence-corrected chi connectivity index (χ0v) is 12.9. The van der Waals surface area contributed by atoms with Crippen molar-refractivity contribution in [3.05, 3.63) is 36.5 Å². The van der Waals surface area contributed by atoms with Crippen molar-refractivity contribution in [2.75, 3.05) is 11.9 Å². The highest BCUT2D eigenvalue weighted by molar-refractivity contribution is 5.91. The van der Waals surface area contributed by atoms with Crippen molar-refractivity contribution in [3.63, 3.8) is 0 Å². The van der Waals surface area contributed by atoms with E-state index < -0.39 is 0 Å². The average molecular weight is 308 g/mol. The fraction of sp³-hybridized carbons (Fsp3) is 0.188. The van der Waals surface area contributed by atoms with Crippen LogP contribution in [-0.4, -0.2) is 31.6 Å². The number of hydrogen-bond donors (Lipinski definition) is 2. The van der Waals surface area contributed by atoms with Crippen molar-refractivity contribution < 1.29 is 4.74 Å². The molecule has 2 N–H and O–H groups in total. The third-order valence-corrected chi connectivity index (χ3v) is 3.68. The maximum atomic E-state index is 5.56. The molecular weight excluding hydrogens is 292 g/mol. The van der Waals surface area contributed by atoms with Gasteiger partial charge in [-0.05, 0) is 37.3 Å². The van der Waals surface area contributed by atoms with Crippen molar-refractivity contribution in [2.24, 2.45) is 7.05 Å². The second kappa shape index (κ2) is 5.28. The number of aryl methyl sites for hydroxylation is 1. The van der Waals surface area contributed by atoms with Crippen LogP contribution in [-0.2, 0) is 7.05 Å². The van der Waals surface area contributed by atoms with Crippen LogP contribution in [0.2, 0.25) is 0 Å². The zero-order chi connectivity index (χ0) is 15.8. The van der Waals surface area contributed by atoms with Gasteiger partial charge in [-0.15, -0.1) is 5.10 Å². The molecule has 23 heavy (non-hydrogen) atoms. The molecule has 0 saturated carbocycles. The molecule has 0 saturated heterocycles. The van der Waals surface area contributed by atoms with Gasteiger partial charge in [-0.3, -0.25) is 14.8 Å². The number of ether oxygens (including phenoxy) is 1. The lowest BCUT2D eigenvalue weighted by Gasteiger charge is -2.04. The third kappa shape index (κ3) is 2.26. The van der Waals surface area contributed by atoms with E-state index in [1.165, 1.54) is 0 Å². The van der Waals surface area contributed by atoms with Gasteiger partial charge in [-0.2, -0.15) is 5.10 Å². The standard InChI is InChI=1S/C16H16N6O/c1-3-23-16-11-7-6-10(9-13(11)22(2)21-16)18-15-14-12(19-20-15)5-4-8-17-14/h4-9H,3H2,1-2H3,(H2,18,19,20). The Balaban J connectivity index is 1.73. The van der Waals surface area contributed by atoms with Crippen LogP contribution in [0.25, 0.3) is 21.9 Å². The van der Waals surface area contributed by atoms with E-state index in [1.807, 2.05) is 49.0 Å². The number of nitrogens with zero attached hydrogens (tertiary/aromatic N) is 4. The van der Waals surface area contributed by atoms with Crippen LogP contribution in [0.5, 0.6) is 5.88 Å². The van der Waals surface area contributed by atoms with E-state index in [-0.39, 0.29) is 0 Å². The molecule has 0 fully saturated rings. The van der Waals surface area contributed by atoms with Crippen LogP contribution in [0.1, 0.15) is 6.92 Å². The lowest BCUT2D eigenvalue weighted by atomic mass is 10.2. The molecule has 0 aliphatic heterocycles. The topological polar surface area (TPSA) is 80.6 Å². The number of benzene rings is 1. The van der Waals surface area contributed by atoms with Gasteiger partial charge in [0.05, 0.1) is 23.0 Å². The highest BCUT2D eigenvalue weighted by Crippen LogP contribution is 2.29. The number of pyridine rings is 1. The third-order valence-electron chi connectivity index (χ3n) is 3.68. The predicted molar refractivity (Wildman–Crippen MR) is 89.1 cm³/mol. The second-order valence-corrected chi connectivity index (χ2v) is 5.19. The summed E-state index contributed by atoms with van der Waals surface area (Å²) in [5.74, 6) is 1.36. The van der Waals surface area contributed by atoms with Crippen molar-refractivity contribution in [1.82, 2.24) is 25.0 Å². The van der Waals surface area contributed by atoms with Crippen LogP contribution in [0.4, 0.5) is 11.5 Å². The molecule has 3 aromatic heterocycles. The quantitative estimate of drug-likeness (QED) is 0.606. The summed E-state index contributed by atoms with van der Waals surface area (Å²) in [6.45, 7) is 2.54. The lowest BCUT2D eigenvalue weighted by molar-refractivity contribution is 0.326. The number of aromatic nitrogens is 5. The molecule has 0 unspecified atom stereocenters. The highest BCUT2D eigenvalue weighted by Gasteiger charge is 2.11. The average Bonchev–Trinajstić information content (AvgIpc) is 3.10. The smallest absolute Gasteiger partial charge is 0.240 e. The van der Waals surface area contributed by atoms with E-state index in [4.69, 9.17) is 4.74 Å². The summed E-state index contributed by atoms with van der Waals surface area (Å²) in [5.41, 5.74) is 3.62. The molecule has 0 aliphatic rings. The first-order valence-corrected chi connectivity index (χ1v) is 7.42. The van der Waals surface area contributed by atoms with Gasteiger partial charge in [-0.1, -0.05) is 0 Å². The van der Waals surface area contributed by atoms with E-state index in [9.17, 15) is 0 Å². The lowest BCUT2D eigenvalue weighted by Crippen LogP contribution is -1.94. The van der Waals surface area contributed by atoms with Gasteiger partial charge in [0.15, 0.2) is 5.82 Å². The molecule has 4 rings (SSSR count). The first kappa shape index (κ1) is 13.6. The summed E-state index contributed by atoms with van der Waals surface area (Å²) in [6.07, 6.45) is 1.75. The maximum Gasteiger partial charge on any atom is 0.240 e. The van der Waals surface area contributed by atoms with E-state index >= 15 is 0 Å². The number of fused-ring (bicyclic) bond motifs is 2. The van der Waals surface area contributed by atoms with Gasteiger partial charge in [0.25, 0.3) is 0 Å². The molecule has 0 aliphatic carbocycles. The number of aromatic amines is 1. The SMILES string of the molecule is CCOc1nn(C)c2cc(Nc3n[nH]c4cccnc34)ccc12. The first-order valence-electron chi connectivity index (χ1n) is 7.42. The Bertz CT molecular complexity index is 987. The summed E-state index contributed by atoms with van der Waals surface area (Å²) in [5, 5.41) is 15.9. The maximum absolute atomic E-state index is 5.56. The van der Waals surface area contributed by atoms with Gasteiger partial charge < -0.3 is 10.1 Å². The fourth-order valence-corrected chi connectivity index (χ4v) is 2.62. The minimum absolute atomic E-state index is 0.594. The fourth-order valence-electron chi connectivity index (χ4n) is 2.62. The molecule has 4 aromatic rings. The molecule has 7 heteroatoms. The zero-order valence-electron chi connectivity index (χ0n) is 12.9. The van der Waals surface area contributed by atoms with E-state index in [2.05, 4.69) is 25.6 Å². The van der Waals surface area contributed by atoms with Crippen molar-refractivity contribution >= 4 is 33.4 Å². The summed E-state index contributed by atoms with van der Waals surface area (Å²) in [7, 11) is 1.90. The van der Waals surface area contributed by atoms with Crippen LogP contribution in [0.3, 0.4) is 0 Å². The molecule has 1 aromatic carbocycles. The summed E-state index contributed by atoms with van der Waals surface area (Å²) in [4.78, 5) is 4.35. The largest absolute Gasteiger partial charge is 0.476 e. The van der Waals surface area contributed by atoms with Gasteiger partial charge in [0, 0.05) is 18.9 Å². The Morgan fingerprint density at radius 1 is 1.30 bits per heavy atom. The Labute approximate surface area is 132 Å². The summed E-state index contributed by atoms with van der Waals surface area (Å²) >= 11 is 0. The minimum atomic E-state index is 0.594. The highest BCUT2D eigenvalue weighted by atomic mass is 16.5. The van der Waals surface area contributed by atoms with Gasteiger partial charge in [0.1, 0.15) is 5.52 Å². The van der Waals surface area contributed by atoms with Crippen molar-refractivity contribution in [2.45, 2.75) is 6.92 Å². The first-order chi connectivity index (χ1) is 11.3. The Morgan fingerprint density at radius 2 is 2.22 bits per heavy atom. The molecule has 0 bridgehead atoms. The Hall–Kier alpha value is -3.09. The summed E-state index contributed by atoms with van der Waals surface area (Å²) < 4.78 is 7.38. The minimum Gasteiger partial charge on any atom is -0.476 e. The molecule has 0 spiro atoms. The van der Waals surface area contributed by atoms with Gasteiger partial charge in [0.2, 0.25) is 5.88 Å². The molecule has 0 atom stereocenters. The second-order valence-electron chi connectivity index (χ2n) is 5.19. The van der Waals surface area contributed by atoms with Crippen LogP contribution >= 0.6 is 0 Å². The van der Waals surface area contributed by atoms with Crippen LogP contribution < -0.4 is 10.1 Å². The van der Waals surface area contributed by atoms with Gasteiger partial charge >= 0.3 is 0 Å².